The molecule has 0 aromatic carbocycles. The van der Waals surface area contributed by atoms with Crippen LogP contribution >= 0.6 is 7.82 Å². The minimum absolute atomic E-state index is 0.869. The molecule has 0 bridgehead atoms. The summed E-state index contributed by atoms with van der Waals surface area (Å²) < 4.78 is 13.1. The normalized spacial score (nSPS) is 10.5. The molecule has 9 heteroatoms. The van der Waals surface area contributed by atoms with E-state index in [1.165, 1.54) is 0 Å². The van der Waals surface area contributed by atoms with E-state index >= 15 is 0 Å². The van der Waals surface area contributed by atoms with Crippen LogP contribution in [0.1, 0.15) is 6.92 Å². The molecule has 0 radical (unpaired) electrons. The minimum atomic E-state index is -4.94. The van der Waals surface area contributed by atoms with Crippen molar-refractivity contribution in [3.05, 3.63) is 4.91 Å². The summed E-state index contributed by atoms with van der Waals surface area (Å²) in [5.74, 6) is -1.05. The molecule has 0 aromatic heterocycles. The van der Waals surface area contributed by atoms with Gasteiger partial charge in [-0.05, 0) is 0 Å². The van der Waals surface area contributed by atoms with Crippen LogP contribution in [0.3, 0.4) is 0 Å². The first-order valence-electron chi connectivity index (χ1n) is 2.22. The van der Waals surface area contributed by atoms with Gasteiger partial charge < -0.3 is 0 Å². The van der Waals surface area contributed by atoms with Crippen molar-refractivity contribution in [3.8, 4) is 0 Å². The molecular formula is C2H5NO7P+. The van der Waals surface area contributed by atoms with Gasteiger partial charge >= 0.3 is 18.9 Å². The molecule has 0 amide bonds. The van der Waals surface area contributed by atoms with Gasteiger partial charge in [-0.1, -0.05) is 4.62 Å². The topological polar surface area (TPSA) is 113 Å². The zero-order chi connectivity index (χ0) is 9.07. The van der Waals surface area contributed by atoms with Crippen LogP contribution in [0, 0.1) is 4.91 Å². The van der Waals surface area contributed by atoms with Gasteiger partial charge in [-0.15, -0.1) is 4.84 Å². The quantitative estimate of drug-likeness (QED) is 0.441. The van der Waals surface area contributed by atoms with Crippen LogP contribution in [0.2, 0.25) is 0 Å². The number of carbonyl (C=O) groups is 1. The van der Waals surface area contributed by atoms with E-state index in [0.717, 1.165) is 6.92 Å². The van der Waals surface area contributed by atoms with Gasteiger partial charge in [0.05, 0.1) is 0 Å². The van der Waals surface area contributed by atoms with Crippen molar-refractivity contribution in [1.29, 1.82) is 0 Å². The van der Waals surface area contributed by atoms with Crippen LogP contribution in [0.15, 0.2) is 0 Å². The van der Waals surface area contributed by atoms with Crippen LogP contribution in [-0.2, 0) is 18.8 Å². The Balaban J connectivity index is 3.90. The SMILES string of the molecule is CC(=O)O[N+](=O)OP(=O)(O)O. The Morgan fingerprint density at radius 2 is 2.00 bits per heavy atom. The Labute approximate surface area is 60.4 Å². The number of carbonyl (C=O) groups excluding carboxylic acids is 1. The molecule has 0 aliphatic rings. The second kappa shape index (κ2) is 3.42. The first-order chi connectivity index (χ1) is 4.81. The fourth-order valence-electron chi connectivity index (χ4n) is 0.208. The molecule has 0 aliphatic carbocycles. The lowest BCUT2D eigenvalue weighted by atomic mass is 10.8. The average Bonchev–Trinajstić information content (AvgIpc) is 1.53. The maximum atomic E-state index is 10.0. The van der Waals surface area contributed by atoms with Crippen LogP contribution in [0.4, 0.5) is 0 Å². The largest absolute Gasteiger partial charge is 0.592 e. The van der Waals surface area contributed by atoms with Crippen molar-refractivity contribution in [2.24, 2.45) is 0 Å². The maximum absolute atomic E-state index is 10.0. The summed E-state index contributed by atoms with van der Waals surface area (Å²) in [5.41, 5.74) is 0. The molecule has 0 heterocycles. The molecule has 8 nitrogen and oxygen atoms in total. The third-order valence-electron chi connectivity index (χ3n) is 0.376. The van der Waals surface area contributed by atoms with Crippen LogP contribution in [0.5, 0.6) is 0 Å². The molecule has 2 N–H and O–H groups in total. The fourth-order valence-corrected chi connectivity index (χ4v) is 0.415. The Morgan fingerprint density at radius 3 is 2.27 bits per heavy atom. The molecule has 0 saturated heterocycles. The summed E-state index contributed by atoms with van der Waals surface area (Å²) in [6.45, 7) is 0.869. The van der Waals surface area contributed by atoms with E-state index in [0.29, 0.717) is 0 Å². The minimum Gasteiger partial charge on any atom is -0.289 e. The van der Waals surface area contributed by atoms with E-state index in [-0.39, 0.29) is 0 Å². The summed E-state index contributed by atoms with van der Waals surface area (Å²) in [6.07, 6.45) is 0. The zero-order valence-corrected chi connectivity index (χ0v) is 6.22. The van der Waals surface area contributed by atoms with Crippen LogP contribution < -0.4 is 0 Å². The zero-order valence-electron chi connectivity index (χ0n) is 5.33. The van der Waals surface area contributed by atoms with Crippen molar-refractivity contribution in [3.63, 3.8) is 0 Å². The first-order valence-corrected chi connectivity index (χ1v) is 3.75. The highest BCUT2D eigenvalue weighted by atomic mass is 31.2. The fraction of sp³-hybridized carbons (Fsp3) is 0.500. The predicted octanol–water partition coefficient (Wildman–Crippen LogP) is -0.732. The van der Waals surface area contributed by atoms with E-state index in [2.05, 4.69) is 9.46 Å². The third-order valence-corrected chi connectivity index (χ3v) is 0.722. The number of phosphoric acid groups is 1. The lowest BCUT2D eigenvalue weighted by Crippen LogP contribution is -2.12. The molecule has 0 saturated carbocycles. The summed E-state index contributed by atoms with van der Waals surface area (Å²) >= 11 is 0. The molecule has 0 atom stereocenters. The smallest absolute Gasteiger partial charge is 0.289 e. The highest BCUT2D eigenvalue weighted by Gasteiger charge is 2.31. The summed E-state index contributed by atoms with van der Waals surface area (Å²) in [6, 6.07) is 0. The van der Waals surface area contributed by atoms with Crippen molar-refractivity contribution in [1.82, 2.24) is 0 Å². The van der Waals surface area contributed by atoms with E-state index in [1.54, 1.807) is 0 Å². The van der Waals surface area contributed by atoms with E-state index in [4.69, 9.17) is 9.79 Å². The molecule has 0 fully saturated rings. The van der Waals surface area contributed by atoms with Gasteiger partial charge in [0.2, 0.25) is 0 Å². The van der Waals surface area contributed by atoms with Crippen LogP contribution in [-0.4, -0.2) is 20.8 Å². The highest BCUT2D eigenvalue weighted by molar-refractivity contribution is 7.46. The van der Waals surface area contributed by atoms with Gasteiger partial charge in [0.25, 0.3) is 0 Å². The second-order valence-electron chi connectivity index (χ2n) is 1.38. The van der Waals surface area contributed by atoms with Gasteiger partial charge in [-0.25, -0.2) is 9.36 Å². The molecule has 0 spiro atoms. The van der Waals surface area contributed by atoms with E-state index < -0.39 is 18.9 Å². The molecular weight excluding hydrogens is 181 g/mol. The molecule has 64 valence electrons. The number of rotatable bonds is 3. The molecule has 0 rings (SSSR count). The molecule has 0 aliphatic heterocycles. The Hall–Kier alpha value is -0.980. The lowest BCUT2D eigenvalue weighted by molar-refractivity contribution is -0.938. The van der Waals surface area contributed by atoms with Gasteiger partial charge in [-0.3, -0.25) is 9.79 Å². The van der Waals surface area contributed by atoms with Crippen molar-refractivity contribution in [2.75, 3.05) is 0 Å². The van der Waals surface area contributed by atoms with Gasteiger partial charge in [0.15, 0.2) is 0 Å². The summed E-state index contributed by atoms with van der Waals surface area (Å²) in [7, 11) is -4.94. The van der Waals surface area contributed by atoms with E-state index in [9.17, 15) is 14.3 Å². The van der Waals surface area contributed by atoms with Crippen molar-refractivity contribution < 1.29 is 33.7 Å². The molecule has 11 heavy (non-hydrogen) atoms. The highest BCUT2D eigenvalue weighted by Crippen LogP contribution is 2.35. The standard InChI is InChI=1S/C2H4NO7P/c1-2(4)9-3(5)10-11(6,7)8/h1H3,(H-,6,7,8)/p+1. The van der Waals surface area contributed by atoms with E-state index in [1.807, 2.05) is 0 Å². The number of nitrogens with zero attached hydrogens (tertiary/aromatic N) is 1. The monoisotopic (exact) mass is 186 g/mol. The average molecular weight is 186 g/mol. The van der Waals surface area contributed by atoms with Gasteiger partial charge in [0.1, 0.15) is 4.91 Å². The summed E-state index contributed by atoms with van der Waals surface area (Å²) in [4.78, 5) is 39.4. The van der Waals surface area contributed by atoms with Gasteiger partial charge in [-0.2, -0.15) is 0 Å². The Morgan fingerprint density at radius 1 is 1.55 bits per heavy atom. The number of hydrogen-bond acceptors (Lipinski definition) is 5. The second-order valence-corrected chi connectivity index (χ2v) is 2.52. The first kappa shape index (κ1) is 10.0. The van der Waals surface area contributed by atoms with Crippen molar-refractivity contribution >= 4 is 13.8 Å². The number of hydrogen-bond donors (Lipinski definition) is 2. The summed E-state index contributed by atoms with van der Waals surface area (Å²) in [5, 5.41) is -0.955. The lowest BCUT2D eigenvalue weighted by Gasteiger charge is -1.90. The molecule has 0 aromatic rings. The maximum Gasteiger partial charge on any atom is 0.592 e. The van der Waals surface area contributed by atoms with Gasteiger partial charge in [0, 0.05) is 6.92 Å². The Kier molecular flexibility index (Phi) is 3.12. The molecule has 0 unspecified atom stereocenters. The van der Waals surface area contributed by atoms with Crippen molar-refractivity contribution in [2.45, 2.75) is 6.92 Å². The predicted molar refractivity (Wildman–Crippen MR) is 28.5 cm³/mol. The third kappa shape index (κ3) is 6.91. The van der Waals surface area contributed by atoms with Crippen LogP contribution in [0.25, 0.3) is 0 Å². The Bertz CT molecular complexity index is 216.